The summed E-state index contributed by atoms with van der Waals surface area (Å²) in [6.07, 6.45) is 0. The molecule has 2 aromatic carbocycles. The van der Waals surface area contributed by atoms with Gasteiger partial charge in [-0.05, 0) is 48.5 Å². The fraction of sp³-hybridized carbons (Fsp3) is 0.105. The van der Waals surface area contributed by atoms with Gasteiger partial charge in [0, 0.05) is 11.1 Å². The summed E-state index contributed by atoms with van der Waals surface area (Å²) < 4.78 is 14.9. The first-order valence-electron chi connectivity index (χ1n) is 7.63. The molecule has 0 unspecified atom stereocenters. The third kappa shape index (κ3) is 3.41. The third-order valence-electron chi connectivity index (χ3n) is 3.75. The van der Waals surface area contributed by atoms with Gasteiger partial charge < -0.3 is 19.2 Å². The van der Waals surface area contributed by atoms with Crippen LogP contribution in [0, 0.1) is 0 Å². The summed E-state index contributed by atoms with van der Waals surface area (Å²) >= 11 is 0. The van der Waals surface area contributed by atoms with Crippen LogP contribution in [0.3, 0.4) is 0 Å². The zero-order valence-corrected chi connectivity index (χ0v) is 14.1. The first-order chi connectivity index (χ1) is 12.5. The lowest BCUT2D eigenvalue weighted by Crippen LogP contribution is -2.20. The number of hydrogen-bond donors (Lipinski definition) is 1. The molecule has 0 fully saturated rings. The van der Waals surface area contributed by atoms with Crippen molar-refractivity contribution >= 4 is 28.5 Å². The van der Waals surface area contributed by atoms with Crippen molar-refractivity contribution in [3.63, 3.8) is 0 Å². The number of ether oxygens (including phenoxy) is 2. The molecule has 0 atom stereocenters. The Hall–Kier alpha value is -3.61. The smallest absolute Gasteiger partial charge is 0.349 e. The Morgan fingerprint density at radius 3 is 2.38 bits per heavy atom. The van der Waals surface area contributed by atoms with Gasteiger partial charge in [-0.15, -0.1) is 0 Å². The van der Waals surface area contributed by atoms with Gasteiger partial charge in [-0.25, -0.2) is 9.59 Å². The van der Waals surface area contributed by atoms with Crippen LogP contribution < -0.4 is 15.7 Å². The SMILES string of the molecule is COC(=O)c1ccc(NC(=O)c2cc3cc(OC)ccc3oc2=O)cc1. The number of esters is 1. The number of hydrogen-bond acceptors (Lipinski definition) is 6. The number of nitrogens with one attached hydrogen (secondary N) is 1. The Bertz CT molecular complexity index is 1040. The van der Waals surface area contributed by atoms with Gasteiger partial charge in [0.05, 0.1) is 19.8 Å². The summed E-state index contributed by atoms with van der Waals surface area (Å²) in [4.78, 5) is 35.9. The number of carbonyl (C=O) groups is 2. The first kappa shape index (κ1) is 17.2. The second-order valence-electron chi connectivity index (χ2n) is 5.37. The Morgan fingerprint density at radius 1 is 1.00 bits per heavy atom. The molecule has 0 aliphatic heterocycles. The number of benzene rings is 2. The van der Waals surface area contributed by atoms with Gasteiger partial charge in [-0.1, -0.05) is 0 Å². The summed E-state index contributed by atoms with van der Waals surface area (Å²) in [5.74, 6) is -0.516. The van der Waals surface area contributed by atoms with Gasteiger partial charge in [0.25, 0.3) is 5.91 Å². The van der Waals surface area contributed by atoms with Gasteiger partial charge in [0.2, 0.25) is 0 Å². The number of anilines is 1. The van der Waals surface area contributed by atoms with Gasteiger partial charge in [0.1, 0.15) is 16.9 Å². The number of carbonyl (C=O) groups excluding carboxylic acids is 2. The van der Waals surface area contributed by atoms with Crippen molar-refractivity contribution in [2.45, 2.75) is 0 Å². The molecule has 0 aliphatic carbocycles. The highest BCUT2D eigenvalue weighted by Gasteiger charge is 2.15. The maximum absolute atomic E-state index is 12.4. The zero-order valence-electron chi connectivity index (χ0n) is 14.1. The maximum Gasteiger partial charge on any atom is 0.349 e. The van der Waals surface area contributed by atoms with E-state index in [0.717, 1.165) is 0 Å². The second kappa shape index (κ2) is 7.10. The van der Waals surface area contributed by atoms with E-state index in [1.807, 2.05) is 0 Å². The van der Waals surface area contributed by atoms with Crippen LogP contribution in [-0.4, -0.2) is 26.1 Å². The highest BCUT2D eigenvalue weighted by atomic mass is 16.5. The predicted octanol–water partition coefficient (Wildman–Crippen LogP) is 2.84. The number of rotatable bonds is 4. The molecule has 1 aromatic heterocycles. The lowest BCUT2D eigenvalue weighted by molar-refractivity contribution is 0.0600. The van der Waals surface area contributed by atoms with Crippen molar-refractivity contribution in [1.29, 1.82) is 0 Å². The van der Waals surface area contributed by atoms with Gasteiger partial charge in [-0.2, -0.15) is 0 Å². The Labute approximate surface area is 148 Å². The Morgan fingerprint density at radius 2 is 1.73 bits per heavy atom. The minimum Gasteiger partial charge on any atom is -0.497 e. The average Bonchev–Trinajstić information content (AvgIpc) is 2.67. The summed E-state index contributed by atoms with van der Waals surface area (Å²) in [6.45, 7) is 0. The van der Waals surface area contributed by atoms with E-state index in [0.29, 0.717) is 28.0 Å². The molecule has 1 heterocycles. The number of fused-ring (bicyclic) bond motifs is 1. The Balaban J connectivity index is 1.88. The molecule has 0 saturated heterocycles. The largest absolute Gasteiger partial charge is 0.497 e. The molecule has 132 valence electrons. The monoisotopic (exact) mass is 353 g/mol. The molecule has 7 heteroatoms. The quantitative estimate of drug-likeness (QED) is 0.572. The maximum atomic E-state index is 12.4. The van der Waals surface area contributed by atoms with E-state index >= 15 is 0 Å². The van der Waals surface area contributed by atoms with E-state index in [2.05, 4.69) is 10.1 Å². The van der Waals surface area contributed by atoms with Crippen molar-refractivity contribution in [2.24, 2.45) is 0 Å². The molecule has 3 aromatic rings. The zero-order chi connectivity index (χ0) is 18.7. The standard InChI is InChI=1S/C19H15NO6/c1-24-14-7-8-16-12(9-14)10-15(19(23)26-16)17(21)20-13-5-3-11(4-6-13)18(22)25-2/h3-10H,1-2H3,(H,20,21). The molecular weight excluding hydrogens is 338 g/mol. The van der Waals surface area contributed by atoms with Gasteiger partial charge in [-0.3, -0.25) is 4.79 Å². The molecular formula is C19H15NO6. The lowest BCUT2D eigenvalue weighted by Gasteiger charge is -2.07. The number of methoxy groups -OCH3 is 2. The Kier molecular flexibility index (Phi) is 4.70. The van der Waals surface area contributed by atoms with Gasteiger partial charge in [0.15, 0.2) is 0 Å². The van der Waals surface area contributed by atoms with E-state index in [1.54, 1.807) is 18.2 Å². The van der Waals surface area contributed by atoms with E-state index in [9.17, 15) is 14.4 Å². The molecule has 1 amide bonds. The molecule has 26 heavy (non-hydrogen) atoms. The van der Waals surface area contributed by atoms with Crippen LogP contribution in [0.25, 0.3) is 11.0 Å². The van der Waals surface area contributed by atoms with Gasteiger partial charge >= 0.3 is 11.6 Å². The van der Waals surface area contributed by atoms with E-state index < -0.39 is 17.5 Å². The normalized spacial score (nSPS) is 10.4. The molecule has 0 spiro atoms. The van der Waals surface area contributed by atoms with E-state index in [4.69, 9.17) is 9.15 Å². The van der Waals surface area contributed by atoms with E-state index in [1.165, 1.54) is 44.6 Å². The fourth-order valence-corrected chi connectivity index (χ4v) is 2.39. The van der Waals surface area contributed by atoms with Crippen LogP contribution in [0.15, 0.2) is 57.7 Å². The van der Waals surface area contributed by atoms with Crippen LogP contribution >= 0.6 is 0 Å². The molecule has 0 saturated carbocycles. The highest BCUT2D eigenvalue weighted by Crippen LogP contribution is 2.20. The summed E-state index contributed by atoms with van der Waals surface area (Å²) in [5.41, 5.74) is 0.250. The average molecular weight is 353 g/mol. The third-order valence-corrected chi connectivity index (χ3v) is 3.75. The van der Waals surface area contributed by atoms with Crippen LogP contribution in [-0.2, 0) is 4.74 Å². The highest BCUT2D eigenvalue weighted by molar-refractivity contribution is 6.05. The lowest BCUT2D eigenvalue weighted by atomic mass is 10.1. The van der Waals surface area contributed by atoms with Crippen molar-refractivity contribution < 1.29 is 23.5 Å². The summed E-state index contributed by atoms with van der Waals surface area (Å²) in [6, 6.07) is 12.5. The first-order valence-corrected chi connectivity index (χ1v) is 7.63. The fourth-order valence-electron chi connectivity index (χ4n) is 2.39. The van der Waals surface area contributed by atoms with Crippen LogP contribution in [0.5, 0.6) is 5.75 Å². The van der Waals surface area contributed by atoms with E-state index in [-0.39, 0.29) is 5.56 Å². The molecule has 3 rings (SSSR count). The molecule has 1 N–H and O–H groups in total. The van der Waals surface area contributed by atoms with Crippen LogP contribution in [0.2, 0.25) is 0 Å². The minimum absolute atomic E-state index is 0.136. The summed E-state index contributed by atoms with van der Waals surface area (Å²) in [5, 5.41) is 3.16. The van der Waals surface area contributed by atoms with Crippen LogP contribution in [0.1, 0.15) is 20.7 Å². The van der Waals surface area contributed by atoms with Crippen molar-refractivity contribution in [2.75, 3.05) is 19.5 Å². The minimum atomic E-state index is -0.744. The molecule has 0 bridgehead atoms. The topological polar surface area (TPSA) is 94.8 Å². The van der Waals surface area contributed by atoms with Crippen molar-refractivity contribution in [3.05, 3.63) is 70.1 Å². The van der Waals surface area contributed by atoms with Crippen LogP contribution in [0.4, 0.5) is 5.69 Å². The van der Waals surface area contributed by atoms with Crippen molar-refractivity contribution in [3.8, 4) is 5.75 Å². The second-order valence-corrected chi connectivity index (χ2v) is 5.37. The molecule has 0 radical (unpaired) electrons. The molecule has 0 aliphatic rings. The predicted molar refractivity (Wildman–Crippen MR) is 94.8 cm³/mol. The molecule has 7 nitrogen and oxygen atoms in total. The van der Waals surface area contributed by atoms with Crippen molar-refractivity contribution in [1.82, 2.24) is 0 Å². The number of amides is 1. The summed E-state index contributed by atoms with van der Waals surface area (Å²) in [7, 11) is 2.80.